The summed E-state index contributed by atoms with van der Waals surface area (Å²) in [6.45, 7) is 2.25. The molecular formula is C18H20BrN. The number of halogens is 1. The molecule has 104 valence electrons. The minimum Gasteiger partial charge on any atom is -0.303 e. The predicted octanol–water partition coefficient (Wildman–Crippen LogP) is 5.18. The van der Waals surface area contributed by atoms with E-state index in [2.05, 4.69) is 76.7 Å². The van der Waals surface area contributed by atoms with Crippen molar-refractivity contribution in [3.05, 3.63) is 69.7 Å². The summed E-state index contributed by atoms with van der Waals surface area (Å²) in [4.78, 5) is 0. The van der Waals surface area contributed by atoms with Crippen LogP contribution in [-0.4, -0.2) is 0 Å². The first kappa shape index (κ1) is 13.8. The highest BCUT2D eigenvalue weighted by atomic mass is 79.9. The maximum Gasteiger partial charge on any atom is 0.0331 e. The number of fused-ring (bicyclic) bond motifs is 1. The van der Waals surface area contributed by atoms with Crippen LogP contribution in [0.4, 0.5) is 0 Å². The number of benzene rings is 2. The van der Waals surface area contributed by atoms with Gasteiger partial charge in [-0.25, -0.2) is 0 Å². The Hall–Kier alpha value is -1.12. The van der Waals surface area contributed by atoms with E-state index in [4.69, 9.17) is 0 Å². The summed E-state index contributed by atoms with van der Waals surface area (Å²) in [5, 5.41) is 3.84. The van der Waals surface area contributed by atoms with Gasteiger partial charge < -0.3 is 5.32 Å². The lowest BCUT2D eigenvalue weighted by Crippen LogP contribution is -2.24. The largest absolute Gasteiger partial charge is 0.303 e. The average molecular weight is 330 g/mol. The minimum atomic E-state index is 0.430. The molecule has 0 saturated heterocycles. The van der Waals surface area contributed by atoms with Crippen molar-refractivity contribution >= 4 is 15.9 Å². The van der Waals surface area contributed by atoms with Gasteiger partial charge in [-0.05, 0) is 48.1 Å². The zero-order valence-corrected chi connectivity index (χ0v) is 13.4. The van der Waals surface area contributed by atoms with Crippen LogP contribution in [0.3, 0.4) is 0 Å². The van der Waals surface area contributed by atoms with Gasteiger partial charge in [0.15, 0.2) is 0 Å². The van der Waals surface area contributed by atoms with Gasteiger partial charge in [0.2, 0.25) is 0 Å². The van der Waals surface area contributed by atoms with Crippen LogP contribution < -0.4 is 5.32 Å². The molecule has 0 aliphatic heterocycles. The van der Waals surface area contributed by atoms with Crippen molar-refractivity contribution in [2.45, 2.75) is 38.3 Å². The molecule has 2 atom stereocenters. The highest BCUT2D eigenvalue weighted by Gasteiger charge is 2.24. The van der Waals surface area contributed by atoms with E-state index >= 15 is 0 Å². The lowest BCUT2D eigenvalue weighted by atomic mass is 10.0. The Morgan fingerprint density at radius 2 is 1.90 bits per heavy atom. The Bertz CT molecular complexity index is 576. The number of rotatable bonds is 4. The number of nitrogens with one attached hydrogen (secondary N) is 1. The smallest absolute Gasteiger partial charge is 0.0331 e. The second-order valence-electron chi connectivity index (χ2n) is 5.47. The normalized spacial score (nSPS) is 18.8. The molecule has 0 aromatic heterocycles. The summed E-state index contributed by atoms with van der Waals surface area (Å²) in [7, 11) is 0. The monoisotopic (exact) mass is 329 g/mol. The third-order valence-corrected chi connectivity index (χ3v) is 4.74. The maximum atomic E-state index is 3.84. The standard InChI is InChI=1S/C18H20BrN/c1-2-17(14-7-10-15(19)11-8-14)20-18-12-9-13-5-3-4-6-16(13)18/h3-8,10-11,17-18,20H,2,9,12H2,1H3. The topological polar surface area (TPSA) is 12.0 Å². The first-order chi connectivity index (χ1) is 9.78. The zero-order chi connectivity index (χ0) is 13.9. The molecule has 0 fully saturated rings. The molecular weight excluding hydrogens is 310 g/mol. The highest BCUT2D eigenvalue weighted by molar-refractivity contribution is 9.10. The van der Waals surface area contributed by atoms with Crippen LogP contribution in [0.25, 0.3) is 0 Å². The van der Waals surface area contributed by atoms with Gasteiger partial charge in [0, 0.05) is 16.6 Å². The fourth-order valence-electron chi connectivity index (χ4n) is 3.12. The third kappa shape index (κ3) is 2.82. The lowest BCUT2D eigenvalue weighted by molar-refractivity contribution is 0.433. The van der Waals surface area contributed by atoms with E-state index in [1.54, 1.807) is 0 Å². The van der Waals surface area contributed by atoms with Crippen molar-refractivity contribution in [3.63, 3.8) is 0 Å². The van der Waals surface area contributed by atoms with Gasteiger partial charge in [0.1, 0.15) is 0 Å². The fraction of sp³-hybridized carbons (Fsp3) is 0.333. The molecule has 2 heteroatoms. The van der Waals surface area contributed by atoms with Crippen LogP contribution in [0, 0.1) is 0 Å². The van der Waals surface area contributed by atoms with Crippen molar-refractivity contribution in [3.8, 4) is 0 Å². The molecule has 20 heavy (non-hydrogen) atoms. The molecule has 1 aliphatic rings. The van der Waals surface area contributed by atoms with Crippen molar-refractivity contribution in [2.75, 3.05) is 0 Å². The molecule has 0 saturated carbocycles. The SMILES string of the molecule is CCC(NC1CCc2ccccc21)c1ccc(Br)cc1. The van der Waals surface area contributed by atoms with Gasteiger partial charge in [-0.2, -0.15) is 0 Å². The van der Waals surface area contributed by atoms with Gasteiger partial charge >= 0.3 is 0 Å². The van der Waals surface area contributed by atoms with Gasteiger partial charge in [0.25, 0.3) is 0 Å². The average Bonchev–Trinajstić information content (AvgIpc) is 2.89. The first-order valence-electron chi connectivity index (χ1n) is 7.37. The molecule has 0 heterocycles. The van der Waals surface area contributed by atoms with Gasteiger partial charge in [-0.3, -0.25) is 0 Å². The molecule has 1 nitrogen and oxygen atoms in total. The van der Waals surface area contributed by atoms with E-state index in [0.717, 1.165) is 10.9 Å². The summed E-state index contributed by atoms with van der Waals surface area (Å²) in [6.07, 6.45) is 3.53. The number of aryl methyl sites for hydroxylation is 1. The van der Waals surface area contributed by atoms with E-state index in [1.165, 1.54) is 29.5 Å². The molecule has 2 aromatic carbocycles. The molecule has 0 radical (unpaired) electrons. The maximum absolute atomic E-state index is 3.84. The van der Waals surface area contributed by atoms with Crippen LogP contribution in [0.2, 0.25) is 0 Å². The second-order valence-corrected chi connectivity index (χ2v) is 6.38. The van der Waals surface area contributed by atoms with Crippen LogP contribution in [0.15, 0.2) is 53.0 Å². The van der Waals surface area contributed by atoms with Crippen molar-refractivity contribution in [1.82, 2.24) is 5.32 Å². The molecule has 2 unspecified atom stereocenters. The summed E-state index contributed by atoms with van der Waals surface area (Å²) >= 11 is 3.51. The quantitative estimate of drug-likeness (QED) is 0.815. The summed E-state index contributed by atoms with van der Waals surface area (Å²) in [5.74, 6) is 0. The van der Waals surface area contributed by atoms with Crippen molar-refractivity contribution in [1.29, 1.82) is 0 Å². The molecule has 0 amide bonds. The molecule has 2 aromatic rings. The van der Waals surface area contributed by atoms with E-state index in [0.29, 0.717) is 12.1 Å². The minimum absolute atomic E-state index is 0.430. The Labute approximate surface area is 129 Å². The summed E-state index contributed by atoms with van der Waals surface area (Å²) < 4.78 is 1.14. The Morgan fingerprint density at radius 3 is 2.65 bits per heavy atom. The number of hydrogen-bond acceptors (Lipinski definition) is 1. The highest BCUT2D eigenvalue weighted by Crippen LogP contribution is 2.33. The van der Waals surface area contributed by atoms with E-state index < -0.39 is 0 Å². The van der Waals surface area contributed by atoms with Gasteiger partial charge in [0.05, 0.1) is 0 Å². The second kappa shape index (κ2) is 6.11. The van der Waals surface area contributed by atoms with Gasteiger partial charge in [-0.15, -0.1) is 0 Å². The lowest BCUT2D eigenvalue weighted by Gasteiger charge is -2.23. The molecule has 0 spiro atoms. The molecule has 1 N–H and O–H groups in total. The predicted molar refractivity (Wildman–Crippen MR) is 87.8 cm³/mol. The molecule has 3 rings (SSSR count). The van der Waals surface area contributed by atoms with Crippen molar-refractivity contribution < 1.29 is 0 Å². The van der Waals surface area contributed by atoms with Gasteiger partial charge in [-0.1, -0.05) is 59.3 Å². The van der Waals surface area contributed by atoms with Crippen LogP contribution in [0.5, 0.6) is 0 Å². The summed E-state index contributed by atoms with van der Waals surface area (Å²) in [5.41, 5.74) is 4.37. The van der Waals surface area contributed by atoms with E-state index in [1.807, 2.05) is 0 Å². The van der Waals surface area contributed by atoms with E-state index in [9.17, 15) is 0 Å². The van der Waals surface area contributed by atoms with Crippen LogP contribution >= 0.6 is 15.9 Å². The van der Waals surface area contributed by atoms with Crippen LogP contribution in [0.1, 0.15) is 48.5 Å². The molecule has 1 aliphatic carbocycles. The Balaban J connectivity index is 1.78. The fourth-order valence-corrected chi connectivity index (χ4v) is 3.38. The zero-order valence-electron chi connectivity index (χ0n) is 11.8. The number of hydrogen-bond donors (Lipinski definition) is 1. The first-order valence-corrected chi connectivity index (χ1v) is 8.16. The Kier molecular flexibility index (Phi) is 4.23. The van der Waals surface area contributed by atoms with Crippen molar-refractivity contribution in [2.24, 2.45) is 0 Å². The Morgan fingerprint density at radius 1 is 1.15 bits per heavy atom. The van der Waals surface area contributed by atoms with E-state index in [-0.39, 0.29) is 0 Å². The molecule has 0 bridgehead atoms. The summed E-state index contributed by atoms with van der Waals surface area (Å²) in [6, 6.07) is 18.4. The third-order valence-electron chi connectivity index (χ3n) is 4.22. The van der Waals surface area contributed by atoms with Crippen LogP contribution in [-0.2, 0) is 6.42 Å².